The predicted molar refractivity (Wildman–Crippen MR) is 70.8 cm³/mol. The summed E-state index contributed by atoms with van der Waals surface area (Å²) in [6.07, 6.45) is 2.30. The summed E-state index contributed by atoms with van der Waals surface area (Å²) in [5.74, 6) is 0.648. The molecule has 1 aliphatic rings. The lowest BCUT2D eigenvalue weighted by Crippen LogP contribution is -2.49. The van der Waals surface area contributed by atoms with E-state index in [0.29, 0.717) is 12.0 Å². The zero-order valence-electron chi connectivity index (χ0n) is 10.4. The van der Waals surface area contributed by atoms with Crippen molar-refractivity contribution in [3.05, 3.63) is 22.4 Å². The Hall–Kier alpha value is -0.870. The first kappa shape index (κ1) is 12.6. The summed E-state index contributed by atoms with van der Waals surface area (Å²) in [6, 6.07) is 3.70. The molecule has 2 heterocycles. The summed E-state index contributed by atoms with van der Waals surface area (Å²) in [4.78, 5) is 15.3. The Bertz CT molecular complexity index is 377. The number of amides is 1. The molecule has 0 aromatic carbocycles. The van der Waals surface area contributed by atoms with Gasteiger partial charge in [0.25, 0.3) is 0 Å². The number of carbonyl (C=O) groups excluding carboxylic acids is 1. The molecule has 2 rings (SSSR count). The third kappa shape index (κ3) is 2.53. The van der Waals surface area contributed by atoms with Crippen LogP contribution in [0, 0.1) is 5.92 Å². The molecule has 0 bridgehead atoms. The smallest absolute Gasteiger partial charge is 0.245 e. The average molecular weight is 252 g/mol. The molecule has 94 valence electrons. The first-order valence-electron chi connectivity index (χ1n) is 6.20. The monoisotopic (exact) mass is 252 g/mol. The fourth-order valence-corrected chi connectivity index (χ4v) is 3.13. The van der Waals surface area contributed by atoms with Gasteiger partial charge >= 0.3 is 0 Å². The van der Waals surface area contributed by atoms with Crippen LogP contribution in [-0.4, -0.2) is 23.4 Å². The topological polar surface area (TPSA) is 46.3 Å². The van der Waals surface area contributed by atoms with E-state index in [9.17, 15) is 4.79 Å². The molecule has 1 aromatic heterocycles. The van der Waals surface area contributed by atoms with Gasteiger partial charge in [0.15, 0.2) is 0 Å². The van der Waals surface area contributed by atoms with Crippen molar-refractivity contribution in [2.24, 2.45) is 11.7 Å². The van der Waals surface area contributed by atoms with Crippen LogP contribution in [0.25, 0.3) is 0 Å². The van der Waals surface area contributed by atoms with E-state index in [1.54, 1.807) is 11.3 Å². The first-order valence-corrected chi connectivity index (χ1v) is 7.08. The van der Waals surface area contributed by atoms with E-state index in [0.717, 1.165) is 17.8 Å². The maximum absolute atomic E-state index is 12.4. The van der Waals surface area contributed by atoms with E-state index in [1.807, 2.05) is 22.4 Å². The first-order chi connectivity index (χ1) is 8.11. The lowest BCUT2D eigenvalue weighted by Gasteiger charge is -2.39. The standard InChI is InChI=1S/C13H20N2OS/c1-9-5-3-7-15(10(9)2)13(16)12(14)11-6-4-8-17-11/h4,6,8-10,12H,3,5,7,14H2,1-2H3. The third-order valence-electron chi connectivity index (χ3n) is 3.77. The van der Waals surface area contributed by atoms with Crippen molar-refractivity contribution < 1.29 is 4.79 Å². The summed E-state index contributed by atoms with van der Waals surface area (Å²) in [5.41, 5.74) is 6.04. The van der Waals surface area contributed by atoms with E-state index < -0.39 is 6.04 Å². The zero-order valence-corrected chi connectivity index (χ0v) is 11.2. The molecule has 1 saturated heterocycles. The molecule has 17 heavy (non-hydrogen) atoms. The summed E-state index contributed by atoms with van der Waals surface area (Å²) >= 11 is 1.55. The van der Waals surface area contributed by atoms with Gasteiger partial charge in [-0.05, 0) is 37.1 Å². The minimum absolute atomic E-state index is 0.0755. The number of piperidine rings is 1. The van der Waals surface area contributed by atoms with Crippen LogP contribution in [-0.2, 0) is 4.79 Å². The van der Waals surface area contributed by atoms with E-state index in [1.165, 1.54) is 6.42 Å². The number of nitrogens with zero attached hydrogens (tertiary/aromatic N) is 1. The number of thiophene rings is 1. The molecule has 3 nitrogen and oxygen atoms in total. The highest BCUT2D eigenvalue weighted by Gasteiger charge is 2.31. The molecule has 1 aromatic rings. The van der Waals surface area contributed by atoms with Crippen molar-refractivity contribution in [2.75, 3.05) is 6.54 Å². The molecular formula is C13H20N2OS. The van der Waals surface area contributed by atoms with Gasteiger partial charge < -0.3 is 10.6 Å². The fraction of sp³-hybridized carbons (Fsp3) is 0.615. The Morgan fingerprint density at radius 2 is 2.35 bits per heavy atom. The van der Waals surface area contributed by atoms with Gasteiger partial charge in [-0.1, -0.05) is 13.0 Å². The minimum atomic E-state index is -0.484. The highest BCUT2D eigenvalue weighted by molar-refractivity contribution is 7.10. The molecule has 1 amide bonds. The maximum Gasteiger partial charge on any atom is 0.245 e. The average Bonchev–Trinajstić information content (AvgIpc) is 2.84. The second kappa shape index (κ2) is 5.19. The normalized spacial score (nSPS) is 26.9. The van der Waals surface area contributed by atoms with E-state index in [2.05, 4.69) is 13.8 Å². The van der Waals surface area contributed by atoms with Crippen LogP contribution in [0.15, 0.2) is 17.5 Å². The van der Waals surface area contributed by atoms with Crippen LogP contribution in [0.4, 0.5) is 0 Å². The second-order valence-electron chi connectivity index (χ2n) is 4.88. The van der Waals surface area contributed by atoms with Crippen LogP contribution in [0.2, 0.25) is 0 Å². The predicted octanol–water partition coefficient (Wildman–Crippen LogP) is 2.39. The third-order valence-corrected chi connectivity index (χ3v) is 4.73. The second-order valence-corrected chi connectivity index (χ2v) is 5.86. The number of rotatable bonds is 2. The highest BCUT2D eigenvalue weighted by Crippen LogP contribution is 2.26. The van der Waals surface area contributed by atoms with Crippen molar-refractivity contribution in [3.63, 3.8) is 0 Å². The fourth-order valence-electron chi connectivity index (χ4n) is 2.42. The van der Waals surface area contributed by atoms with Gasteiger partial charge in [0.1, 0.15) is 6.04 Å². The van der Waals surface area contributed by atoms with E-state index in [4.69, 9.17) is 5.73 Å². The summed E-state index contributed by atoms with van der Waals surface area (Å²) in [6.45, 7) is 5.19. The SMILES string of the molecule is CC1CCCN(C(=O)C(N)c2cccs2)C1C. The van der Waals surface area contributed by atoms with Gasteiger partial charge in [0.05, 0.1) is 0 Å². The van der Waals surface area contributed by atoms with Crippen molar-refractivity contribution in [3.8, 4) is 0 Å². The molecular weight excluding hydrogens is 232 g/mol. The van der Waals surface area contributed by atoms with Crippen LogP contribution < -0.4 is 5.73 Å². The molecule has 0 spiro atoms. The van der Waals surface area contributed by atoms with Gasteiger partial charge in [-0.15, -0.1) is 11.3 Å². The molecule has 0 aliphatic carbocycles. The quantitative estimate of drug-likeness (QED) is 0.878. The van der Waals surface area contributed by atoms with Crippen molar-refractivity contribution in [1.29, 1.82) is 0 Å². The molecule has 2 N–H and O–H groups in total. The Labute approximate surface area is 107 Å². The van der Waals surface area contributed by atoms with Crippen LogP contribution in [0.5, 0.6) is 0 Å². The molecule has 3 atom stereocenters. The van der Waals surface area contributed by atoms with Gasteiger partial charge in [0.2, 0.25) is 5.91 Å². The van der Waals surface area contributed by atoms with Gasteiger partial charge in [-0.25, -0.2) is 0 Å². The molecule has 3 unspecified atom stereocenters. The van der Waals surface area contributed by atoms with Crippen molar-refractivity contribution >= 4 is 17.2 Å². The lowest BCUT2D eigenvalue weighted by atomic mass is 9.91. The minimum Gasteiger partial charge on any atom is -0.338 e. The molecule has 0 saturated carbocycles. The van der Waals surface area contributed by atoms with E-state index >= 15 is 0 Å². The van der Waals surface area contributed by atoms with Crippen LogP contribution >= 0.6 is 11.3 Å². The summed E-state index contributed by atoms with van der Waals surface area (Å²) < 4.78 is 0. The van der Waals surface area contributed by atoms with Gasteiger partial charge in [-0.2, -0.15) is 0 Å². The molecule has 0 radical (unpaired) electrons. The number of likely N-dealkylation sites (tertiary alicyclic amines) is 1. The van der Waals surface area contributed by atoms with Crippen LogP contribution in [0.3, 0.4) is 0 Å². The van der Waals surface area contributed by atoms with Crippen molar-refractivity contribution in [1.82, 2.24) is 4.90 Å². The molecule has 1 fully saturated rings. The Balaban J connectivity index is 2.09. The largest absolute Gasteiger partial charge is 0.338 e. The van der Waals surface area contributed by atoms with Gasteiger partial charge in [-0.3, -0.25) is 4.79 Å². The number of carbonyl (C=O) groups is 1. The van der Waals surface area contributed by atoms with Crippen molar-refractivity contribution in [2.45, 2.75) is 38.8 Å². The lowest BCUT2D eigenvalue weighted by molar-refractivity contribution is -0.137. The Kier molecular flexibility index (Phi) is 3.84. The summed E-state index contributed by atoms with van der Waals surface area (Å²) in [7, 11) is 0. The highest BCUT2D eigenvalue weighted by atomic mass is 32.1. The Morgan fingerprint density at radius 1 is 1.59 bits per heavy atom. The van der Waals surface area contributed by atoms with Crippen LogP contribution in [0.1, 0.15) is 37.6 Å². The van der Waals surface area contributed by atoms with Gasteiger partial charge in [0, 0.05) is 17.5 Å². The Morgan fingerprint density at radius 3 is 3.00 bits per heavy atom. The van der Waals surface area contributed by atoms with E-state index in [-0.39, 0.29) is 5.91 Å². The molecule has 4 heteroatoms. The zero-order chi connectivity index (χ0) is 12.4. The maximum atomic E-state index is 12.4. The number of hydrogen-bond donors (Lipinski definition) is 1. The molecule has 1 aliphatic heterocycles. The summed E-state index contributed by atoms with van der Waals surface area (Å²) in [5, 5.41) is 1.96. The number of nitrogens with two attached hydrogens (primary N) is 1. The number of hydrogen-bond acceptors (Lipinski definition) is 3.